The molecule has 0 atom stereocenters. The lowest BCUT2D eigenvalue weighted by Gasteiger charge is -1.91. The molecule has 0 amide bonds. The highest BCUT2D eigenvalue weighted by molar-refractivity contribution is 9.10. The predicted molar refractivity (Wildman–Crippen MR) is 69.8 cm³/mol. The van der Waals surface area contributed by atoms with Crippen LogP contribution in [-0.4, -0.2) is 19.2 Å². The van der Waals surface area contributed by atoms with Crippen LogP contribution in [0.3, 0.4) is 0 Å². The van der Waals surface area contributed by atoms with Crippen molar-refractivity contribution < 1.29 is 0 Å². The van der Waals surface area contributed by atoms with Gasteiger partial charge in [0.15, 0.2) is 0 Å². The maximum atomic E-state index is 4.59. The molecule has 0 aliphatic carbocycles. The van der Waals surface area contributed by atoms with Crippen LogP contribution < -0.4 is 0 Å². The van der Waals surface area contributed by atoms with Crippen LogP contribution in [0.2, 0.25) is 0 Å². The molecule has 0 spiro atoms. The molecule has 0 radical (unpaired) electrons. The van der Waals surface area contributed by atoms with Crippen LogP contribution in [0.5, 0.6) is 0 Å². The van der Waals surface area contributed by atoms with Crippen LogP contribution in [0.4, 0.5) is 0 Å². The molecule has 0 saturated carbocycles. The number of fused-ring (bicyclic) bond motifs is 1. The average molecular weight is 291 g/mol. The molecule has 3 aromatic heterocycles. The number of rotatable bonds is 1. The zero-order chi connectivity index (χ0) is 12.0. The first-order chi connectivity index (χ1) is 8.13. The molecule has 0 fully saturated rings. The highest BCUT2D eigenvalue weighted by atomic mass is 79.9. The van der Waals surface area contributed by atoms with Crippen molar-refractivity contribution in [2.45, 2.75) is 6.92 Å². The van der Waals surface area contributed by atoms with Gasteiger partial charge in [-0.05, 0) is 35.0 Å². The Morgan fingerprint density at radius 3 is 2.71 bits per heavy atom. The molecule has 0 unspecified atom stereocenters. The zero-order valence-electron chi connectivity index (χ0n) is 9.55. The molecule has 0 aliphatic heterocycles. The van der Waals surface area contributed by atoms with E-state index in [-0.39, 0.29) is 0 Å². The Labute approximate surface area is 107 Å². The highest BCUT2D eigenvalue weighted by Crippen LogP contribution is 2.22. The second-order valence-corrected chi connectivity index (χ2v) is 4.96. The molecule has 0 N–H and O–H groups in total. The molecule has 0 aliphatic rings. The van der Waals surface area contributed by atoms with Crippen molar-refractivity contribution in [3.8, 4) is 11.3 Å². The molecule has 4 nitrogen and oxygen atoms in total. The molecule has 0 aromatic carbocycles. The van der Waals surface area contributed by atoms with Gasteiger partial charge < -0.3 is 4.40 Å². The quantitative estimate of drug-likeness (QED) is 0.691. The van der Waals surface area contributed by atoms with Gasteiger partial charge in [0.1, 0.15) is 5.65 Å². The van der Waals surface area contributed by atoms with Gasteiger partial charge in [0.25, 0.3) is 0 Å². The smallest absolute Gasteiger partial charge is 0.137 e. The second kappa shape index (κ2) is 3.70. The summed E-state index contributed by atoms with van der Waals surface area (Å²) < 4.78 is 4.85. The standard InChI is InChI=1S/C12H11BrN4/c1-8-10(6-16(2)15-8)11-7-17-5-9(13)3-4-12(17)14-11/h3-7H,1-2H3. The minimum absolute atomic E-state index is 0.937. The van der Waals surface area contributed by atoms with Crippen LogP contribution in [0.1, 0.15) is 5.69 Å². The molecular weight excluding hydrogens is 280 g/mol. The summed E-state index contributed by atoms with van der Waals surface area (Å²) >= 11 is 3.45. The fraction of sp³-hybridized carbons (Fsp3) is 0.167. The lowest BCUT2D eigenvalue weighted by molar-refractivity contribution is 0.756. The van der Waals surface area contributed by atoms with Gasteiger partial charge in [-0.1, -0.05) is 0 Å². The summed E-state index contributed by atoms with van der Waals surface area (Å²) in [6, 6.07) is 3.97. The highest BCUT2D eigenvalue weighted by Gasteiger charge is 2.10. The van der Waals surface area contributed by atoms with Crippen molar-refractivity contribution in [3.63, 3.8) is 0 Å². The molecular formula is C12H11BrN4. The molecule has 86 valence electrons. The second-order valence-electron chi connectivity index (χ2n) is 4.04. The molecule has 0 saturated heterocycles. The number of imidazole rings is 1. The Morgan fingerprint density at radius 1 is 1.18 bits per heavy atom. The van der Waals surface area contributed by atoms with Crippen molar-refractivity contribution in [2.75, 3.05) is 0 Å². The van der Waals surface area contributed by atoms with E-state index >= 15 is 0 Å². The number of hydrogen-bond acceptors (Lipinski definition) is 2. The first kappa shape index (κ1) is 10.5. The summed E-state index contributed by atoms with van der Waals surface area (Å²) in [4.78, 5) is 4.59. The first-order valence-corrected chi connectivity index (χ1v) is 6.07. The predicted octanol–water partition coefficient (Wildman–Crippen LogP) is 2.81. The monoisotopic (exact) mass is 290 g/mol. The number of nitrogens with zero attached hydrogens (tertiary/aromatic N) is 4. The summed E-state index contributed by atoms with van der Waals surface area (Å²) in [6.07, 6.45) is 6.01. The summed E-state index contributed by atoms with van der Waals surface area (Å²) in [5.41, 5.74) is 3.96. The van der Waals surface area contributed by atoms with Gasteiger partial charge in [-0.25, -0.2) is 4.98 Å². The van der Waals surface area contributed by atoms with Crippen molar-refractivity contribution in [3.05, 3.63) is 40.9 Å². The van der Waals surface area contributed by atoms with Gasteiger partial charge in [-0.3, -0.25) is 4.68 Å². The summed E-state index contributed by atoms with van der Waals surface area (Å²) in [7, 11) is 1.92. The van der Waals surface area contributed by atoms with Crippen LogP contribution >= 0.6 is 15.9 Å². The van der Waals surface area contributed by atoms with E-state index in [2.05, 4.69) is 26.0 Å². The van der Waals surface area contributed by atoms with E-state index < -0.39 is 0 Å². The van der Waals surface area contributed by atoms with Crippen LogP contribution in [0.15, 0.2) is 35.2 Å². The largest absolute Gasteiger partial charge is 0.305 e. The molecule has 3 heterocycles. The minimum atomic E-state index is 0.937. The van der Waals surface area contributed by atoms with Gasteiger partial charge >= 0.3 is 0 Å². The van der Waals surface area contributed by atoms with E-state index in [0.29, 0.717) is 0 Å². The summed E-state index contributed by atoms with van der Waals surface area (Å²) in [5, 5.41) is 4.33. The fourth-order valence-electron chi connectivity index (χ4n) is 1.95. The molecule has 3 rings (SSSR count). The third-order valence-corrected chi connectivity index (χ3v) is 3.17. The van der Waals surface area contributed by atoms with Crippen molar-refractivity contribution in [1.29, 1.82) is 0 Å². The van der Waals surface area contributed by atoms with Gasteiger partial charge in [0.05, 0.1) is 11.4 Å². The maximum absolute atomic E-state index is 4.59. The Balaban J connectivity index is 2.21. The molecule has 0 bridgehead atoms. The van der Waals surface area contributed by atoms with E-state index in [4.69, 9.17) is 0 Å². The van der Waals surface area contributed by atoms with Crippen molar-refractivity contribution in [2.24, 2.45) is 7.05 Å². The Hall–Kier alpha value is -1.62. The topological polar surface area (TPSA) is 35.1 Å². The zero-order valence-corrected chi connectivity index (χ0v) is 11.1. The lowest BCUT2D eigenvalue weighted by atomic mass is 10.2. The van der Waals surface area contributed by atoms with Crippen molar-refractivity contribution in [1.82, 2.24) is 19.2 Å². The van der Waals surface area contributed by atoms with Crippen LogP contribution in [0.25, 0.3) is 16.9 Å². The van der Waals surface area contributed by atoms with E-state index in [1.165, 1.54) is 0 Å². The van der Waals surface area contributed by atoms with Gasteiger partial charge in [-0.2, -0.15) is 5.10 Å². The van der Waals surface area contributed by atoms with E-state index in [0.717, 1.165) is 27.1 Å². The normalized spacial score (nSPS) is 11.2. The number of hydrogen-bond donors (Lipinski definition) is 0. The summed E-state index contributed by atoms with van der Waals surface area (Å²) in [5.74, 6) is 0. The molecule has 5 heteroatoms. The third kappa shape index (κ3) is 1.76. The SMILES string of the molecule is Cc1nn(C)cc1-c1cn2cc(Br)ccc2n1. The molecule has 17 heavy (non-hydrogen) atoms. The number of pyridine rings is 1. The number of halogens is 1. The van der Waals surface area contributed by atoms with Gasteiger partial charge in [0.2, 0.25) is 0 Å². The van der Waals surface area contributed by atoms with Crippen LogP contribution in [0, 0.1) is 6.92 Å². The van der Waals surface area contributed by atoms with Crippen LogP contribution in [-0.2, 0) is 7.05 Å². The first-order valence-electron chi connectivity index (χ1n) is 5.28. The minimum Gasteiger partial charge on any atom is -0.305 e. The van der Waals surface area contributed by atoms with Gasteiger partial charge in [0, 0.05) is 35.7 Å². The Kier molecular flexibility index (Phi) is 2.29. The third-order valence-electron chi connectivity index (χ3n) is 2.70. The van der Waals surface area contributed by atoms with E-state index in [1.807, 2.05) is 53.8 Å². The van der Waals surface area contributed by atoms with Gasteiger partial charge in [-0.15, -0.1) is 0 Å². The lowest BCUT2D eigenvalue weighted by Crippen LogP contribution is -1.86. The maximum Gasteiger partial charge on any atom is 0.137 e. The average Bonchev–Trinajstić information content (AvgIpc) is 2.80. The Morgan fingerprint density at radius 2 is 2.00 bits per heavy atom. The number of aryl methyl sites for hydroxylation is 2. The van der Waals surface area contributed by atoms with E-state index in [1.54, 1.807) is 0 Å². The fourth-order valence-corrected chi connectivity index (χ4v) is 2.30. The Bertz CT molecular complexity index is 696. The number of aromatic nitrogens is 4. The van der Waals surface area contributed by atoms with E-state index in [9.17, 15) is 0 Å². The summed E-state index contributed by atoms with van der Waals surface area (Å²) in [6.45, 7) is 2.00. The molecule has 3 aromatic rings. The van der Waals surface area contributed by atoms with Crippen molar-refractivity contribution >= 4 is 21.6 Å².